The zero-order valence-corrected chi connectivity index (χ0v) is 6.23. The molecule has 0 amide bonds. The molecule has 0 aromatic heterocycles. The third kappa shape index (κ3) is 0.948. The molecule has 2 fully saturated rings. The van der Waals surface area contributed by atoms with Crippen molar-refractivity contribution >= 4 is 5.97 Å². The number of carboxylic acids is 1. The number of hydrogen-bond acceptors (Lipinski definition) is 2. The first-order valence-electron chi connectivity index (χ1n) is 4.09. The first-order chi connectivity index (χ1) is 5.18. The Labute approximate surface area is 65.0 Å². The van der Waals surface area contributed by atoms with Gasteiger partial charge in [-0.1, -0.05) is 0 Å². The average Bonchev–Trinajstić information content (AvgIpc) is 2.43. The molecular weight excluding hydrogens is 144 g/mol. The first-order valence-corrected chi connectivity index (χ1v) is 4.09. The molecule has 62 valence electrons. The second-order valence-electron chi connectivity index (χ2n) is 3.74. The Morgan fingerprint density at radius 1 is 1.18 bits per heavy atom. The van der Waals surface area contributed by atoms with Gasteiger partial charge < -0.3 is 10.2 Å². The molecule has 4 atom stereocenters. The SMILES string of the molecule is O=C(O)[C@H]1C[C@H]2C[C@@H]1C[C@@H]2O. The topological polar surface area (TPSA) is 57.5 Å². The smallest absolute Gasteiger partial charge is 0.306 e. The van der Waals surface area contributed by atoms with Crippen molar-refractivity contribution in [2.75, 3.05) is 0 Å². The summed E-state index contributed by atoms with van der Waals surface area (Å²) in [5, 5.41) is 18.1. The van der Waals surface area contributed by atoms with E-state index in [0.29, 0.717) is 12.8 Å². The number of carbonyl (C=O) groups is 1. The van der Waals surface area contributed by atoms with Crippen molar-refractivity contribution in [2.45, 2.75) is 25.4 Å². The predicted octanol–water partition coefficient (Wildman–Crippen LogP) is 0.478. The summed E-state index contributed by atoms with van der Waals surface area (Å²) in [4.78, 5) is 10.6. The lowest BCUT2D eigenvalue weighted by atomic mass is 9.87. The third-order valence-electron chi connectivity index (χ3n) is 3.14. The summed E-state index contributed by atoms with van der Waals surface area (Å²) in [6, 6.07) is 0. The number of carboxylic acid groups (broad SMARTS) is 1. The van der Waals surface area contributed by atoms with Crippen LogP contribution in [0, 0.1) is 17.8 Å². The van der Waals surface area contributed by atoms with Crippen molar-refractivity contribution in [1.29, 1.82) is 0 Å². The van der Waals surface area contributed by atoms with Gasteiger partial charge in [0, 0.05) is 0 Å². The molecule has 0 spiro atoms. The fourth-order valence-electron chi connectivity index (χ4n) is 2.55. The van der Waals surface area contributed by atoms with Crippen LogP contribution in [0.25, 0.3) is 0 Å². The van der Waals surface area contributed by atoms with Gasteiger partial charge in [-0.25, -0.2) is 0 Å². The maximum Gasteiger partial charge on any atom is 0.306 e. The van der Waals surface area contributed by atoms with Gasteiger partial charge >= 0.3 is 5.97 Å². The number of aliphatic carboxylic acids is 1. The molecule has 2 aliphatic rings. The quantitative estimate of drug-likeness (QED) is 0.580. The molecule has 3 nitrogen and oxygen atoms in total. The first kappa shape index (κ1) is 7.10. The zero-order valence-electron chi connectivity index (χ0n) is 6.23. The number of aliphatic hydroxyl groups excluding tert-OH is 1. The minimum absolute atomic E-state index is 0.164. The van der Waals surface area contributed by atoms with E-state index in [1.807, 2.05) is 0 Å². The molecule has 11 heavy (non-hydrogen) atoms. The van der Waals surface area contributed by atoms with E-state index in [4.69, 9.17) is 5.11 Å². The number of hydrogen-bond donors (Lipinski definition) is 2. The predicted molar refractivity (Wildman–Crippen MR) is 38.0 cm³/mol. The largest absolute Gasteiger partial charge is 0.481 e. The van der Waals surface area contributed by atoms with E-state index < -0.39 is 5.97 Å². The molecule has 0 unspecified atom stereocenters. The Morgan fingerprint density at radius 3 is 2.27 bits per heavy atom. The maximum atomic E-state index is 10.6. The van der Waals surface area contributed by atoms with Crippen molar-refractivity contribution in [1.82, 2.24) is 0 Å². The third-order valence-corrected chi connectivity index (χ3v) is 3.14. The Hall–Kier alpha value is -0.570. The molecule has 0 aromatic rings. The van der Waals surface area contributed by atoms with Gasteiger partial charge in [-0.05, 0) is 31.1 Å². The molecule has 0 aromatic carbocycles. The van der Waals surface area contributed by atoms with E-state index in [1.165, 1.54) is 0 Å². The van der Waals surface area contributed by atoms with Crippen LogP contribution < -0.4 is 0 Å². The normalized spacial score (nSPS) is 48.1. The summed E-state index contributed by atoms with van der Waals surface area (Å²) < 4.78 is 0. The number of fused-ring (bicyclic) bond motifs is 2. The monoisotopic (exact) mass is 156 g/mol. The fourth-order valence-corrected chi connectivity index (χ4v) is 2.55. The van der Waals surface area contributed by atoms with Gasteiger partial charge in [0.15, 0.2) is 0 Å². The maximum absolute atomic E-state index is 10.6. The van der Waals surface area contributed by atoms with Gasteiger partial charge in [0.2, 0.25) is 0 Å². The van der Waals surface area contributed by atoms with Gasteiger partial charge in [-0.2, -0.15) is 0 Å². The van der Waals surface area contributed by atoms with Crippen molar-refractivity contribution in [2.24, 2.45) is 17.8 Å². The molecule has 3 heteroatoms. The molecule has 2 rings (SSSR count). The number of rotatable bonds is 1. The van der Waals surface area contributed by atoms with Crippen molar-refractivity contribution < 1.29 is 15.0 Å². The summed E-state index contributed by atoms with van der Waals surface area (Å²) >= 11 is 0. The molecule has 2 aliphatic carbocycles. The summed E-state index contributed by atoms with van der Waals surface area (Å²) in [6.45, 7) is 0. The second-order valence-corrected chi connectivity index (χ2v) is 3.74. The van der Waals surface area contributed by atoms with Crippen LogP contribution >= 0.6 is 0 Å². The summed E-state index contributed by atoms with van der Waals surface area (Å²) in [6.07, 6.45) is 2.12. The zero-order chi connectivity index (χ0) is 8.01. The van der Waals surface area contributed by atoms with Crippen molar-refractivity contribution in [3.63, 3.8) is 0 Å². The molecule has 2 bridgehead atoms. The highest BCUT2D eigenvalue weighted by molar-refractivity contribution is 5.71. The van der Waals surface area contributed by atoms with E-state index in [1.54, 1.807) is 0 Å². The lowest BCUT2D eigenvalue weighted by Crippen LogP contribution is -2.26. The standard InChI is InChI=1S/C8H12O3/c9-7-3-4-1-5(7)2-6(4)8(10)11/h4-7,9H,1-3H2,(H,10,11)/t4-,5-,6+,7+/m1/s1. The summed E-state index contributed by atoms with van der Waals surface area (Å²) in [5.74, 6) is -0.304. The summed E-state index contributed by atoms with van der Waals surface area (Å²) in [5.41, 5.74) is 0. The second kappa shape index (κ2) is 2.21. The van der Waals surface area contributed by atoms with Crippen molar-refractivity contribution in [3.8, 4) is 0 Å². The van der Waals surface area contributed by atoms with Crippen LogP contribution in [0.2, 0.25) is 0 Å². The molecule has 2 N–H and O–H groups in total. The van der Waals surface area contributed by atoms with Crippen LogP contribution in [0.3, 0.4) is 0 Å². The highest BCUT2D eigenvalue weighted by Crippen LogP contribution is 2.48. The molecule has 2 saturated carbocycles. The lowest BCUT2D eigenvalue weighted by Gasteiger charge is -2.21. The fraction of sp³-hybridized carbons (Fsp3) is 0.875. The van der Waals surface area contributed by atoms with E-state index in [0.717, 1.165) is 6.42 Å². The lowest BCUT2D eigenvalue weighted by molar-refractivity contribution is -0.144. The molecular formula is C8H12O3. The summed E-state index contributed by atoms with van der Waals surface area (Å²) in [7, 11) is 0. The van der Waals surface area contributed by atoms with Crippen LogP contribution in [0.1, 0.15) is 19.3 Å². The Kier molecular flexibility index (Phi) is 1.42. The van der Waals surface area contributed by atoms with Gasteiger partial charge in [0.05, 0.1) is 12.0 Å². The van der Waals surface area contributed by atoms with Crippen LogP contribution in [0.5, 0.6) is 0 Å². The van der Waals surface area contributed by atoms with E-state index in [-0.39, 0.29) is 23.9 Å². The van der Waals surface area contributed by atoms with Crippen LogP contribution in [-0.2, 0) is 4.79 Å². The Morgan fingerprint density at radius 2 is 1.91 bits per heavy atom. The van der Waals surface area contributed by atoms with Gasteiger partial charge in [0.1, 0.15) is 0 Å². The van der Waals surface area contributed by atoms with Gasteiger partial charge in [-0.15, -0.1) is 0 Å². The Bertz CT molecular complexity index is 188. The highest BCUT2D eigenvalue weighted by atomic mass is 16.4. The molecule has 0 aliphatic heterocycles. The van der Waals surface area contributed by atoms with E-state index in [9.17, 15) is 9.90 Å². The molecule has 0 saturated heterocycles. The van der Waals surface area contributed by atoms with E-state index >= 15 is 0 Å². The molecule has 0 radical (unpaired) electrons. The van der Waals surface area contributed by atoms with Gasteiger partial charge in [0.25, 0.3) is 0 Å². The average molecular weight is 156 g/mol. The Balaban J connectivity index is 2.08. The minimum atomic E-state index is -0.676. The van der Waals surface area contributed by atoms with Crippen molar-refractivity contribution in [3.05, 3.63) is 0 Å². The molecule has 0 heterocycles. The number of aliphatic hydroxyl groups is 1. The minimum Gasteiger partial charge on any atom is -0.481 e. The van der Waals surface area contributed by atoms with Crippen LogP contribution in [-0.4, -0.2) is 22.3 Å². The van der Waals surface area contributed by atoms with Crippen LogP contribution in [0.15, 0.2) is 0 Å². The van der Waals surface area contributed by atoms with E-state index in [2.05, 4.69) is 0 Å². The van der Waals surface area contributed by atoms with Crippen LogP contribution in [0.4, 0.5) is 0 Å². The van der Waals surface area contributed by atoms with Gasteiger partial charge in [-0.3, -0.25) is 4.79 Å². The highest BCUT2D eigenvalue weighted by Gasteiger charge is 2.47.